The lowest BCUT2D eigenvalue weighted by Crippen LogP contribution is -2.15. The van der Waals surface area contributed by atoms with Crippen LogP contribution in [0.1, 0.15) is 0 Å². The first-order valence-electron chi connectivity index (χ1n) is 9.28. The molecule has 11 heteroatoms. The molecule has 11 nitrogen and oxygen atoms in total. The van der Waals surface area contributed by atoms with Gasteiger partial charge in [0.15, 0.2) is 0 Å². The predicted molar refractivity (Wildman–Crippen MR) is 96.8 cm³/mol. The molecule has 0 aromatic heterocycles. The van der Waals surface area contributed by atoms with Gasteiger partial charge < -0.3 is 48.1 Å². The van der Waals surface area contributed by atoms with Crippen molar-refractivity contribution in [3.05, 3.63) is 0 Å². The van der Waals surface area contributed by atoms with E-state index in [0.717, 1.165) is 0 Å². The van der Waals surface area contributed by atoms with E-state index in [1.165, 1.54) is 0 Å². The second-order valence-electron chi connectivity index (χ2n) is 5.12. The van der Waals surface area contributed by atoms with E-state index in [0.29, 0.717) is 85.9 Å². The zero-order valence-corrected chi connectivity index (χ0v) is 16.4. The maximum absolute atomic E-state index is 10.1. The molecule has 0 saturated carbocycles. The fourth-order valence-electron chi connectivity index (χ4n) is 1.67. The molecule has 0 radical (unpaired) electrons. The summed E-state index contributed by atoms with van der Waals surface area (Å²) in [6.45, 7) is 6.12. The quantitative estimate of drug-likeness (QED) is 0.170. The molecule has 0 aliphatic carbocycles. The summed E-state index contributed by atoms with van der Waals surface area (Å²) in [7, 11) is 0. The van der Waals surface area contributed by atoms with Gasteiger partial charge in [-0.05, 0) is 0 Å². The predicted octanol–water partition coefficient (Wildman–Crippen LogP) is -0.210. The Morgan fingerprint density at radius 1 is 0.464 bits per heavy atom. The number of hydrogen-bond donors (Lipinski definition) is 2. The van der Waals surface area contributed by atoms with Crippen LogP contribution in [0.25, 0.3) is 0 Å². The molecule has 0 amide bonds. The maximum Gasteiger partial charge on any atom is 0.505 e. The number of carboxylic acid groups (broad SMARTS) is 1. The van der Waals surface area contributed by atoms with Crippen molar-refractivity contribution in [2.75, 3.05) is 106 Å². The second kappa shape index (κ2) is 24.0. The van der Waals surface area contributed by atoms with Crippen molar-refractivity contribution >= 4 is 6.16 Å². The zero-order valence-electron chi connectivity index (χ0n) is 16.4. The van der Waals surface area contributed by atoms with Crippen LogP contribution in [-0.2, 0) is 37.9 Å². The normalized spacial score (nSPS) is 11.0. The first kappa shape index (κ1) is 27.0. The van der Waals surface area contributed by atoms with Gasteiger partial charge in [-0.2, -0.15) is 0 Å². The molecular formula is C17H34O11. The Morgan fingerprint density at radius 2 is 0.714 bits per heavy atom. The van der Waals surface area contributed by atoms with E-state index in [2.05, 4.69) is 4.74 Å². The lowest BCUT2D eigenvalue weighted by Gasteiger charge is -2.08. The van der Waals surface area contributed by atoms with Gasteiger partial charge in [-0.3, -0.25) is 0 Å². The molecule has 0 rings (SSSR count). The highest BCUT2D eigenvalue weighted by atomic mass is 16.7. The molecular weight excluding hydrogens is 380 g/mol. The molecule has 0 atom stereocenters. The van der Waals surface area contributed by atoms with Gasteiger partial charge in [0.05, 0.1) is 99.1 Å². The molecule has 28 heavy (non-hydrogen) atoms. The molecule has 0 aromatic rings. The number of aliphatic hydroxyl groups excluding tert-OH is 1. The summed E-state index contributed by atoms with van der Waals surface area (Å²) < 4.78 is 41.0. The minimum Gasteiger partial charge on any atom is -0.450 e. The molecule has 168 valence electrons. The fourth-order valence-corrected chi connectivity index (χ4v) is 1.67. The third kappa shape index (κ3) is 24.9. The third-order valence-corrected chi connectivity index (χ3v) is 2.92. The summed E-state index contributed by atoms with van der Waals surface area (Å²) >= 11 is 0. The van der Waals surface area contributed by atoms with Gasteiger partial charge in [-0.25, -0.2) is 4.79 Å². The van der Waals surface area contributed by atoms with Crippen molar-refractivity contribution in [1.82, 2.24) is 0 Å². The minimum absolute atomic E-state index is 0.0127. The van der Waals surface area contributed by atoms with Crippen molar-refractivity contribution in [3.8, 4) is 0 Å². The number of hydrogen-bond acceptors (Lipinski definition) is 10. The molecule has 0 unspecified atom stereocenters. The lowest BCUT2D eigenvalue weighted by atomic mass is 10.6. The molecule has 0 aromatic carbocycles. The van der Waals surface area contributed by atoms with Crippen LogP contribution in [0.5, 0.6) is 0 Å². The maximum atomic E-state index is 10.1. The molecule has 0 aliphatic heterocycles. The highest BCUT2D eigenvalue weighted by Gasteiger charge is 1.96. The summed E-state index contributed by atoms with van der Waals surface area (Å²) in [6, 6.07) is 0. The average Bonchev–Trinajstić information content (AvgIpc) is 2.68. The largest absolute Gasteiger partial charge is 0.505 e. The molecule has 0 spiro atoms. The highest BCUT2D eigenvalue weighted by molar-refractivity contribution is 5.56. The lowest BCUT2D eigenvalue weighted by molar-refractivity contribution is -0.0230. The molecule has 2 N–H and O–H groups in total. The van der Waals surface area contributed by atoms with Gasteiger partial charge >= 0.3 is 6.16 Å². The Hall–Kier alpha value is -1.05. The van der Waals surface area contributed by atoms with E-state index in [4.69, 9.17) is 43.4 Å². The number of aliphatic hydroxyl groups is 1. The summed E-state index contributed by atoms with van der Waals surface area (Å²) in [5.41, 5.74) is 0. The average molecular weight is 414 g/mol. The standard InChI is InChI=1S/C17H34O11/c18-1-2-21-3-4-22-5-6-23-7-8-24-9-10-25-11-12-26-13-14-27-15-16-28-17(19)20/h18H,1-16H2,(H,19,20). The molecule has 0 aliphatic rings. The summed E-state index contributed by atoms with van der Waals surface area (Å²) in [4.78, 5) is 10.1. The third-order valence-electron chi connectivity index (χ3n) is 2.92. The summed E-state index contributed by atoms with van der Waals surface area (Å²) in [6.07, 6.45) is -1.31. The van der Waals surface area contributed by atoms with Crippen molar-refractivity contribution in [3.63, 3.8) is 0 Å². The van der Waals surface area contributed by atoms with Gasteiger partial charge in [-0.1, -0.05) is 0 Å². The number of carbonyl (C=O) groups is 1. The SMILES string of the molecule is O=C(O)OCCOCCOCCOCCOCCOCCOCCOCCO. The van der Waals surface area contributed by atoms with Gasteiger partial charge in [0.25, 0.3) is 0 Å². The van der Waals surface area contributed by atoms with E-state index in [1.807, 2.05) is 0 Å². The van der Waals surface area contributed by atoms with Crippen molar-refractivity contribution in [1.29, 1.82) is 0 Å². The number of rotatable bonds is 23. The van der Waals surface area contributed by atoms with Crippen LogP contribution in [0.2, 0.25) is 0 Å². The fraction of sp³-hybridized carbons (Fsp3) is 0.941. The Bertz CT molecular complexity index is 317. The van der Waals surface area contributed by atoms with Gasteiger partial charge in [0.1, 0.15) is 6.61 Å². The Balaban J connectivity index is 2.99. The van der Waals surface area contributed by atoms with Gasteiger partial charge in [0, 0.05) is 0 Å². The Labute approximate surface area is 165 Å². The van der Waals surface area contributed by atoms with Crippen LogP contribution in [0, 0.1) is 0 Å². The van der Waals surface area contributed by atoms with Crippen molar-refractivity contribution < 1.29 is 52.9 Å². The van der Waals surface area contributed by atoms with Crippen LogP contribution in [0.15, 0.2) is 0 Å². The monoisotopic (exact) mass is 414 g/mol. The van der Waals surface area contributed by atoms with Crippen LogP contribution in [-0.4, -0.2) is 122 Å². The first-order chi connectivity index (χ1) is 13.8. The molecule has 0 heterocycles. The smallest absolute Gasteiger partial charge is 0.450 e. The topological polar surface area (TPSA) is 131 Å². The molecule has 0 fully saturated rings. The number of ether oxygens (including phenoxy) is 8. The van der Waals surface area contributed by atoms with E-state index in [9.17, 15) is 4.79 Å². The van der Waals surface area contributed by atoms with Gasteiger partial charge in [0.2, 0.25) is 0 Å². The van der Waals surface area contributed by atoms with E-state index >= 15 is 0 Å². The van der Waals surface area contributed by atoms with E-state index in [-0.39, 0.29) is 19.8 Å². The van der Waals surface area contributed by atoms with E-state index < -0.39 is 6.16 Å². The van der Waals surface area contributed by atoms with Crippen LogP contribution < -0.4 is 0 Å². The van der Waals surface area contributed by atoms with Crippen LogP contribution >= 0.6 is 0 Å². The zero-order chi connectivity index (χ0) is 20.5. The minimum atomic E-state index is -1.31. The first-order valence-corrected chi connectivity index (χ1v) is 9.28. The second-order valence-corrected chi connectivity index (χ2v) is 5.12. The van der Waals surface area contributed by atoms with Crippen molar-refractivity contribution in [2.45, 2.75) is 0 Å². The Morgan fingerprint density at radius 3 is 0.964 bits per heavy atom. The Kier molecular flexibility index (Phi) is 23.1. The highest BCUT2D eigenvalue weighted by Crippen LogP contribution is 1.85. The summed E-state index contributed by atoms with van der Waals surface area (Å²) in [5, 5.41) is 16.8. The summed E-state index contributed by atoms with van der Waals surface area (Å²) in [5.74, 6) is 0. The van der Waals surface area contributed by atoms with E-state index in [1.54, 1.807) is 0 Å². The van der Waals surface area contributed by atoms with Gasteiger partial charge in [-0.15, -0.1) is 0 Å². The van der Waals surface area contributed by atoms with Crippen LogP contribution in [0.3, 0.4) is 0 Å². The van der Waals surface area contributed by atoms with Crippen LogP contribution in [0.4, 0.5) is 4.79 Å². The molecule has 0 bridgehead atoms. The van der Waals surface area contributed by atoms with Crippen molar-refractivity contribution in [2.24, 2.45) is 0 Å². The molecule has 0 saturated heterocycles.